The molecule has 0 N–H and O–H groups in total. The number of furan rings is 1. The zero-order valence-corrected chi connectivity index (χ0v) is 17.1. The standard InChI is InChI=1S/C21H21N3O4S/c1-26-18-6-5-14(8-19(18)27-2)16-9-20(25)24-12-23(11-15-4-3-7-28-15)13-29-21(24)17(16)10-22/h3-8,16H,9,11-13H2,1-2H3/t16-/m0/s1. The molecule has 0 bridgehead atoms. The van der Waals surface area contributed by atoms with Crippen LogP contribution in [0.3, 0.4) is 0 Å². The molecule has 4 rings (SSSR count). The van der Waals surface area contributed by atoms with Gasteiger partial charge < -0.3 is 13.9 Å². The molecule has 1 aromatic carbocycles. The average molecular weight is 411 g/mol. The van der Waals surface area contributed by atoms with E-state index in [9.17, 15) is 10.1 Å². The highest BCUT2D eigenvalue weighted by Crippen LogP contribution is 2.44. The molecular weight excluding hydrogens is 390 g/mol. The number of nitriles is 1. The average Bonchev–Trinajstić information content (AvgIpc) is 3.26. The smallest absolute Gasteiger partial charge is 0.229 e. The van der Waals surface area contributed by atoms with E-state index in [1.165, 1.54) is 11.8 Å². The normalized spacial score (nSPS) is 19.7. The van der Waals surface area contributed by atoms with E-state index >= 15 is 0 Å². The van der Waals surface area contributed by atoms with Gasteiger partial charge in [-0.25, -0.2) is 0 Å². The third-order valence-corrected chi connectivity index (χ3v) is 6.33. The molecule has 0 aliphatic carbocycles. The minimum absolute atomic E-state index is 0.00966. The lowest BCUT2D eigenvalue weighted by atomic mass is 9.86. The van der Waals surface area contributed by atoms with Gasteiger partial charge in [-0.15, -0.1) is 0 Å². The van der Waals surface area contributed by atoms with Crippen molar-refractivity contribution in [2.75, 3.05) is 26.8 Å². The molecule has 0 radical (unpaired) electrons. The molecule has 8 heteroatoms. The highest BCUT2D eigenvalue weighted by atomic mass is 32.2. The molecule has 1 amide bonds. The van der Waals surface area contributed by atoms with E-state index < -0.39 is 0 Å². The number of carbonyl (C=O) groups is 1. The van der Waals surface area contributed by atoms with Gasteiger partial charge in [0.2, 0.25) is 5.91 Å². The summed E-state index contributed by atoms with van der Waals surface area (Å²) in [5.41, 5.74) is 1.50. The van der Waals surface area contributed by atoms with Gasteiger partial charge in [-0.1, -0.05) is 17.8 Å². The van der Waals surface area contributed by atoms with Gasteiger partial charge in [0.1, 0.15) is 5.76 Å². The SMILES string of the molecule is COc1ccc([C@@H]2CC(=O)N3CN(Cc4ccco4)CSC3=C2C#N)cc1OC. The van der Waals surface area contributed by atoms with Crippen LogP contribution >= 0.6 is 11.8 Å². The Morgan fingerprint density at radius 3 is 2.79 bits per heavy atom. The lowest BCUT2D eigenvalue weighted by Gasteiger charge is -2.41. The molecule has 3 heterocycles. The van der Waals surface area contributed by atoms with Crippen LogP contribution in [-0.2, 0) is 11.3 Å². The number of rotatable bonds is 5. The maximum absolute atomic E-state index is 13.0. The summed E-state index contributed by atoms with van der Waals surface area (Å²) in [6, 6.07) is 11.7. The Hall–Kier alpha value is -2.89. The van der Waals surface area contributed by atoms with Gasteiger partial charge in [0, 0.05) is 12.3 Å². The number of hydrogen-bond acceptors (Lipinski definition) is 7. The van der Waals surface area contributed by atoms with Crippen LogP contribution in [-0.4, -0.2) is 42.5 Å². The van der Waals surface area contributed by atoms with E-state index in [1.54, 1.807) is 25.4 Å². The van der Waals surface area contributed by atoms with Gasteiger partial charge in [0.05, 0.1) is 56.2 Å². The summed E-state index contributed by atoms with van der Waals surface area (Å²) >= 11 is 1.52. The molecule has 2 aliphatic rings. The van der Waals surface area contributed by atoms with E-state index in [0.29, 0.717) is 36.2 Å². The molecule has 0 spiro atoms. The van der Waals surface area contributed by atoms with Crippen molar-refractivity contribution in [1.82, 2.24) is 9.80 Å². The van der Waals surface area contributed by atoms with E-state index in [1.807, 2.05) is 30.3 Å². The maximum Gasteiger partial charge on any atom is 0.229 e. The molecule has 0 saturated carbocycles. The molecule has 29 heavy (non-hydrogen) atoms. The van der Waals surface area contributed by atoms with Crippen molar-refractivity contribution >= 4 is 17.7 Å². The predicted molar refractivity (Wildman–Crippen MR) is 108 cm³/mol. The van der Waals surface area contributed by atoms with Crippen LogP contribution < -0.4 is 9.47 Å². The second kappa shape index (κ2) is 8.23. The van der Waals surface area contributed by atoms with Crippen molar-refractivity contribution in [1.29, 1.82) is 5.26 Å². The van der Waals surface area contributed by atoms with Crippen molar-refractivity contribution in [3.63, 3.8) is 0 Å². The van der Waals surface area contributed by atoms with Crippen LogP contribution in [0.25, 0.3) is 0 Å². The van der Waals surface area contributed by atoms with Crippen LogP contribution in [0, 0.1) is 11.3 Å². The van der Waals surface area contributed by atoms with Crippen molar-refractivity contribution in [3.05, 3.63) is 58.5 Å². The molecule has 2 aromatic rings. The Bertz CT molecular complexity index is 980. The number of carbonyl (C=O) groups excluding carboxylic acids is 1. The monoisotopic (exact) mass is 411 g/mol. The zero-order chi connectivity index (χ0) is 20.4. The Kier molecular flexibility index (Phi) is 5.51. The van der Waals surface area contributed by atoms with Crippen LogP contribution in [0.2, 0.25) is 0 Å². The molecule has 1 aromatic heterocycles. The van der Waals surface area contributed by atoms with Crippen LogP contribution in [0.1, 0.15) is 23.7 Å². The van der Waals surface area contributed by atoms with E-state index in [-0.39, 0.29) is 18.2 Å². The van der Waals surface area contributed by atoms with E-state index in [2.05, 4.69) is 11.0 Å². The Balaban J connectivity index is 1.62. The zero-order valence-electron chi connectivity index (χ0n) is 16.3. The van der Waals surface area contributed by atoms with Gasteiger partial charge >= 0.3 is 0 Å². The second-order valence-electron chi connectivity index (χ2n) is 6.85. The summed E-state index contributed by atoms with van der Waals surface area (Å²) in [4.78, 5) is 16.8. The number of fused-ring (bicyclic) bond motifs is 1. The number of methoxy groups -OCH3 is 2. The summed E-state index contributed by atoms with van der Waals surface area (Å²) in [7, 11) is 3.15. The Morgan fingerprint density at radius 2 is 2.10 bits per heavy atom. The van der Waals surface area contributed by atoms with Crippen LogP contribution in [0.4, 0.5) is 0 Å². The van der Waals surface area contributed by atoms with Crippen molar-refractivity contribution in [2.45, 2.75) is 18.9 Å². The molecular formula is C21H21N3O4S. The minimum atomic E-state index is -0.289. The van der Waals surface area contributed by atoms with Gasteiger partial charge in [-0.3, -0.25) is 14.6 Å². The molecule has 0 unspecified atom stereocenters. The highest BCUT2D eigenvalue weighted by Gasteiger charge is 2.38. The molecule has 1 fully saturated rings. The Labute approximate surface area is 173 Å². The van der Waals surface area contributed by atoms with Gasteiger partial charge in [-0.05, 0) is 29.8 Å². The molecule has 1 saturated heterocycles. The number of thioether (sulfide) groups is 1. The number of hydrogen-bond donors (Lipinski definition) is 0. The van der Waals surface area contributed by atoms with Crippen molar-refractivity contribution in [2.24, 2.45) is 0 Å². The molecule has 7 nitrogen and oxygen atoms in total. The van der Waals surface area contributed by atoms with E-state index in [4.69, 9.17) is 13.9 Å². The molecule has 1 atom stereocenters. The number of ether oxygens (including phenoxy) is 2. The third kappa shape index (κ3) is 3.71. The first-order chi connectivity index (χ1) is 14.1. The fraction of sp³-hybridized carbons (Fsp3) is 0.333. The molecule has 2 aliphatic heterocycles. The van der Waals surface area contributed by atoms with Gasteiger partial charge in [0.15, 0.2) is 11.5 Å². The topological polar surface area (TPSA) is 78.9 Å². The Morgan fingerprint density at radius 1 is 1.28 bits per heavy atom. The van der Waals surface area contributed by atoms with Gasteiger partial charge in [0.25, 0.3) is 0 Å². The van der Waals surface area contributed by atoms with Crippen LogP contribution in [0.15, 0.2) is 51.6 Å². The number of benzene rings is 1. The van der Waals surface area contributed by atoms with E-state index in [0.717, 1.165) is 16.4 Å². The van der Waals surface area contributed by atoms with Gasteiger partial charge in [-0.2, -0.15) is 5.26 Å². The first-order valence-electron chi connectivity index (χ1n) is 9.18. The largest absolute Gasteiger partial charge is 0.493 e. The minimum Gasteiger partial charge on any atom is -0.493 e. The summed E-state index contributed by atoms with van der Waals surface area (Å²) in [5, 5.41) is 10.7. The summed E-state index contributed by atoms with van der Waals surface area (Å²) in [6.45, 7) is 1.07. The molecule has 150 valence electrons. The lowest BCUT2D eigenvalue weighted by molar-refractivity contribution is -0.132. The number of nitrogens with zero attached hydrogens (tertiary/aromatic N) is 3. The summed E-state index contributed by atoms with van der Waals surface area (Å²) < 4.78 is 16.1. The third-order valence-electron chi connectivity index (χ3n) is 5.12. The summed E-state index contributed by atoms with van der Waals surface area (Å²) in [6.07, 6.45) is 1.89. The highest BCUT2D eigenvalue weighted by molar-refractivity contribution is 8.03. The fourth-order valence-corrected chi connectivity index (χ4v) is 4.82. The fourth-order valence-electron chi connectivity index (χ4n) is 3.68. The van der Waals surface area contributed by atoms with Crippen molar-refractivity contribution < 1.29 is 18.7 Å². The first kappa shape index (κ1) is 19.4. The predicted octanol–water partition coefficient (Wildman–Crippen LogP) is 3.51. The quantitative estimate of drug-likeness (QED) is 0.745. The number of amides is 1. The summed E-state index contributed by atoms with van der Waals surface area (Å²) in [5.74, 6) is 2.46. The van der Waals surface area contributed by atoms with Crippen molar-refractivity contribution in [3.8, 4) is 17.6 Å². The maximum atomic E-state index is 13.0. The van der Waals surface area contributed by atoms with Crippen LogP contribution in [0.5, 0.6) is 11.5 Å². The first-order valence-corrected chi connectivity index (χ1v) is 10.2. The second-order valence-corrected chi connectivity index (χ2v) is 7.78. The lowest BCUT2D eigenvalue weighted by Crippen LogP contribution is -2.46. The number of allylic oxidation sites excluding steroid dienone is 1.